The average Bonchev–Trinajstić information content (AvgIpc) is 2.71. The van der Waals surface area contributed by atoms with Gasteiger partial charge in [-0.05, 0) is 61.1 Å². The molecule has 6 nitrogen and oxygen atoms in total. The summed E-state index contributed by atoms with van der Waals surface area (Å²) in [6.45, 7) is 4.60. The Kier molecular flexibility index (Phi) is 9.11. The first-order chi connectivity index (χ1) is 14.0. The predicted molar refractivity (Wildman–Crippen MR) is 121 cm³/mol. The van der Waals surface area contributed by atoms with Crippen molar-refractivity contribution in [2.24, 2.45) is 0 Å². The first-order valence-electron chi connectivity index (χ1n) is 9.77. The number of thiocarbonyl (C=S) groups is 1. The Balaban J connectivity index is 1.86. The number of ether oxygens (including phenoxy) is 1. The molecule has 7 heteroatoms. The van der Waals surface area contributed by atoms with E-state index in [2.05, 4.69) is 22.9 Å². The fraction of sp³-hybridized carbons (Fsp3) is 0.318. The average molecular weight is 414 g/mol. The molecule has 2 amide bonds. The first-order valence-corrected chi connectivity index (χ1v) is 10.2. The molecule has 0 radical (unpaired) electrons. The molecule has 0 aliphatic heterocycles. The minimum Gasteiger partial charge on any atom is -0.494 e. The summed E-state index contributed by atoms with van der Waals surface area (Å²) in [5.41, 5.74) is 1.81. The van der Waals surface area contributed by atoms with Crippen molar-refractivity contribution in [3.05, 3.63) is 54.1 Å². The quantitative estimate of drug-likeness (QED) is 0.409. The van der Waals surface area contributed by atoms with Gasteiger partial charge in [0.2, 0.25) is 5.91 Å². The molecule has 0 aliphatic rings. The number of benzene rings is 2. The van der Waals surface area contributed by atoms with Crippen LogP contribution in [0, 0.1) is 0 Å². The number of unbranched alkanes of at least 4 members (excludes halogenated alkanes) is 2. The Labute approximate surface area is 177 Å². The van der Waals surface area contributed by atoms with Gasteiger partial charge >= 0.3 is 0 Å². The van der Waals surface area contributed by atoms with Gasteiger partial charge in [-0.3, -0.25) is 14.9 Å². The molecular formula is C22H27N3O3S. The number of amides is 2. The summed E-state index contributed by atoms with van der Waals surface area (Å²) in [6, 6.07) is 14.1. The number of rotatable bonds is 9. The normalized spacial score (nSPS) is 10.1. The highest BCUT2D eigenvalue weighted by molar-refractivity contribution is 7.80. The minimum atomic E-state index is -0.310. The number of nitrogens with one attached hydrogen (secondary N) is 3. The molecule has 154 valence electrons. The van der Waals surface area contributed by atoms with E-state index in [1.807, 2.05) is 0 Å². The summed E-state index contributed by atoms with van der Waals surface area (Å²) in [7, 11) is 0. The van der Waals surface area contributed by atoms with Gasteiger partial charge in [-0.1, -0.05) is 32.8 Å². The van der Waals surface area contributed by atoms with Crippen LogP contribution in [0.1, 0.15) is 49.9 Å². The lowest BCUT2D eigenvalue weighted by molar-refractivity contribution is -0.115. The van der Waals surface area contributed by atoms with Crippen LogP contribution in [0.5, 0.6) is 5.75 Å². The lowest BCUT2D eigenvalue weighted by Gasteiger charge is -2.11. The van der Waals surface area contributed by atoms with Crippen molar-refractivity contribution >= 4 is 40.5 Å². The van der Waals surface area contributed by atoms with Gasteiger partial charge in [-0.2, -0.15) is 0 Å². The number of carbonyl (C=O) groups excluding carboxylic acids is 2. The molecule has 0 unspecified atom stereocenters. The second kappa shape index (κ2) is 11.8. The van der Waals surface area contributed by atoms with Crippen LogP contribution in [0.2, 0.25) is 0 Å². The van der Waals surface area contributed by atoms with Gasteiger partial charge in [0.25, 0.3) is 5.91 Å². The van der Waals surface area contributed by atoms with Crippen molar-refractivity contribution in [2.45, 2.75) is 39.5 Å². The second-order valence-electron chi connectivity index (χ2n) is 6.47. The van der Waals surface area contributed by atoms with E-state index in [0.717, 1.165) is 25.0 Å². The molecule has 0 saturated heterocycles. The summed E-state index contributed by atoms with van der Waals surface area (Å²) in [5, 5.41) is 8.55. The van der Waals surface area contributed by atoms with Crippen LogP contribution in [-0.4, -0.2) is 23.5 Å². The van der Waals surface area contributed by atoms with Gasteiger partial charge in [-0.15, -0.1) is 0 Å². The third kappa shape index (κ3) is 7.91. The van der Waals surface area contributed by atoms with Crippen LogP contribution in [-0.2, 0) is 4.79 Å². The molecule has 2 rings (SSSR count). The molecule has 29 heavy (non-hydrogen) atoms. The number of hydrogen-bond acceptors (Lipinski definition) is 4. The summed E-state index contributed by atoms with van der Waals surface area (Å²) >= 11 is 5.22. The van der Waals surface area contributed by atoms with Crippen LogP contribution < -0.4 is 20.7 Å². The topological polar surface area (TPSA) is 79.5 Å². The summed E-state index contributed by atoms with van der Waals surface area (Å²) in [6.07, 6.45) is 3.70. The van der Waals surface area contributed by atoms with Crippen LogP contribution >= 0.6 is 12.2 Å². The third-order valence-electron chi connectivity index (χ3n) is 4.09. The number of anilines is 2. The molecule has 0 heterocycles. The standard InChI is InChI=1S/C22H27N3O3S/c1-3-5-6-14-28-19-12-10-16(11-13-19)21(27)25-22(29)24-18-9-7-8-17(15-18)23-20(26)4-2/h7-13,15H,3-6,14H2,1-2H3,(H,23,26)(H2,24,25,27,29). The van der Waals surface area contributed by atoms with E-state index in [-0.39, 0.29) is 16.9 Å². The maximum absolute atomic E-state index is 12.4. The maximum atomic E-state index is 12.4. The summed E-state index contributed by atoms with van der Waals surface area (Å²) < 4.78 is 5.65. The van der Waals surface area contributed by atoms with E-state index in [0.29, 0.717) is 30.0 Å². The molecule has 0 aliphatic carbocycles. The van der Waals surface area contributed by atoms with E-state index in [1.165, 1.54) is 0 Å². The lowest BCUT2D eigenvalue weighted by Crippen LogP contribution is -2.34. The van der Waals surface area contributed by atoms with Gasteiger partial charge < -0.3 is 15.4 Å². The van der Waals surface area contributed by atoms with Crippen molar-refractivity contribution in [3.8, 4) is 5.75 Å². The SMILES string of the molecule is CCCCCOc1ccc(C(=O)NC(=S)Nc2cccc(NC(=O)CC)c2)cc1. The van der Waals surface area contributed by atoms with E-state index in [4.69, 9.17) is 17.0 Å². The molecule has 2 aromatic rings. The zero-order valence-corrected chi connectivity index (χ0v) is 17.6. The van der Waals surface area contributed by atoms with E-state index < -0.39 is 0 Å². The van der Waals surface area contributed by atoms with E-state index in [1.54, 1.807) is 55.5 Å². The molecule has 3 N–H and O–H groups in total. The van der Waals surface area contributed by atoms with E-state index >= 15 is 0 Å². The van der Waals surface area contributed by atoms with Gasteiger partial charge in [0.1, 0.15) is 5.75 Å². The Morgan fingerprint density at radius 1 is 0.966 bits per heavy atom. The monoisotopic (exact) mass is 413 g/mol. The maximum Gasteiger partial charge on any atom is 0.257 e. The van der Waals surface area contributed by atoms with Crippen molar-refractivity contribution < 1.29 is 14.3 Å². The van der Waals surface area contributed by atoms with Crippen LogP contribution in [0.15, 0.2) is 48.5 Å². The Morgan fingerprint density at radius 3 is 2.31 bits per heavy atom. The molecule has 0 spiro atoms. The van der Waals surface area contributed by atoms with Crippen molar-refractivity contribution in [1.29, 1.82) is 0 Å². The van der Waals surface area contributed by atoms with Gasteiger partial charge in [0, 0.05) is 23.4 Å². The van der Waals surface area contributed by atoms with Gasteiger partial charge in [0.15, 0.2) is 5.11 Å². The zero-order valence-electron chi connectivity index (χ0n) is 16.8. The predicted octanol–water partition coefficient (Wildman–Crippen LogP) is 4.73. The highest BCUT2D eigenvalue weighted by Crippen LogP contribution is 2.16. The van der Waals surface area contributed by atoms with Crippen LogP contribution in [0.4, 0.5) is 11.4 Å². The Bertz CT molecular complexity index is 837. The van der Waals surface area contributed by atoms with Gasteiger partial charge in [-0.25, -0.2) is 0 Å². The number of carbonyl (C=O) groups is 2. The third-order valence-corrected chi connectivity index (χ3v) is 4.29. The van der Waals surface area contributed by atoms with Gasteiger partial charge in [0.05, 0.1) is 6.61 Å². The highest BCUT2D eigenvalue weighted by Gasteiger charge is 2.09. The minimum absolute atomic E-state index is 0.0733. The first kappa shape index (κ1) is 22.4. The Morgan fingerprint density at radius 2 is 1.66 bits per heavy atom. The summed E-state index contributed by atoms with van der Waals surface area (Å²) in [5.74, 6) is 0.357. The molecular weight excluding hydrogens is 386 g/mol. The van der Waals surface area contributed by atoms with Crippen LogP contribution in [0.25, 0.3) is 0 Å². The molecule has 0 fully saturated rings. The fourth-order valence-corrected chi connectivity index (χ4v) is 2.72. The molecule has 0 bridgehead atoms. The lowest BCUT2D eigenvalue weighted by atomic mass is 10.2. The summed E-state index contributed by atoms with van der Waals surface area (Å²) in [4.78, 5) is 23.9. The van der Waals surface area contributed by atoms with Crippen molar-refractivity contribution in [3.63, 3.8) is 0 Å². The molecule has 0 aromatic heterocycles. The Hall–Kier alpha value is -2.93. The van der Waals surface area contributed by atoms with E-state index in [9.17, 15) is 9.59 Å². The smallest absolute Gasteiger partial charge is 0.257 e. The number of hydrogen-bond donors (Lipinski definition) is 3. The molecule has 0 atom stereocenters. The fourth-order valence-electron chi connectivity index (χ4n) is 2.51. The van der Waals surface area contributed by atoms with Crippen LogP contribution in [0.3, 0.4) is 0 Å². The zero-order chi connectivity index (χ0) is 21.1. The van der Waals surface area contributed by atoms with Crippen molar-refractivity contribution in [1.82, 2.24) is 5.32 Å². The second-order valence-corrected chi connectivity index (χ2v) is 6.88. The largest absolute Gasteiger partial charge is 0.494 e. The molecule has 0 saturated carbocycles. The molecule has 2 aromatic carbocycles. The highest BCUT2D eigenvalue weighted by atomic mass is 32.1. The van der Waals surface area contributed by atoms with Crippen molar-refractivity contribution in [2.75, 3.05) is 17.2 Å².